The molecule has 0 spiro atoms. The van der Waals surface area contributed by atoms with Crippen LogP contribution in [-0.2, 0) is 9.59 Å². The SMILES string of the molecule is COc1cccc([C@H](CNC(=O)[C@@H](C)NC(=O)/C=C\c2ccccc2)N(C)C)c1. The molecule has 2 aromatic carbocycles. The molecule has 0 aromatic heterocycles. The minimum atomic E-state index is -0.643. The van der Waals surface area contributed by atoms with Crippen molar-refractivity contribution < 1.29 is 14.3 Å². The zero-order valence-corrected chi connectivity index (χ0v) is 17.4. The lowest BCUT2D eigenvalue weighted by atomic mass is 10.1. The van der Waals surface area contributed by atoms with Gasteiger partial charge in [0.2, 0.25) is 11.8 Å². The number of hydrogen-bond donors (Lipinski definition) is 2. The van der Waals surface area contributed by atoms with E-state index in [2.05, 4.69) is 10.6 Å². The molecule has 0 saturated heterocycles. The molecule has 154 valence electrons. The van der Waals surface area contributed by atoms with Crippen LogP contribution < -0.4 is 15.4 Å². The molecule has 0 aliphatic rings. The molecule has 0 aliphatic carbocycles. The maximum Gasteiger partial charge on any atom is 0.244 e. The van der Waals surface area contributed by atoms with Gasteiger partial charge in [0, 0.05) is 12.6 Å². The van der Waals surface area contributed by atoms with Gasteiger partial charge >= 0.3 is 0 Å². The maximum absolute atomic E-state index is 12.4. The molecule has 0 unspecified atom stereocenters. The average molecular weight is 396 g/mol. The second-order valence-corrected chi connectivity index (χ2v) is 6.98. The Labute approximate surface area is 172 Å². The van der Waals surface area contributed by atoms with Gasteiger partial charge in [-0.1, -0.05) is 42.5 Å². The highest BCUT2D eigenvalue weighted by Crippen LogP contribution is 2.22. The van der Waals surface area contributed by atoms with E-state index >= 15 is 0 Å². The second kappa shape index (κ2) is 11.0. The van der Waals surface area contributed by atoms with Crippen LogP contribution in [-0.4, -0.2) is 50.5 Å². The lowest BCUT2D eigenvalue weighted by Gasteiger charge is -2.26. The zero-order chi connectivity index (χ0) is 21.2. The van der Waals surface area contributed by atoms with Crippen LogP contribution in [0.4, 0.5) is 0 Å². The van der Waals surface area contributed by atoms with Crippen LogP contribution in [0.25, 0.3) is 6.08 Å². The van der Waals surface area contributed by atoms with E-state index in [1.165, 1.54) is 6.08 Å². The molecule has 0 radical (unpaired) electrons. The number of methoxy groups -OCH3 is 1. The van der Waals surface area contributed by atoms with Crippen LogP contribution in [0.1, 0.15) is 24.1 Å². The Balaban J connectivity index is 1.90. The molecule has 2 atom stereocenters. The predicted octanol–water partition coefficient (Wildman–Crippen LogP) is 2.63. The number of carbonyl (C=O) groups is 2. The van der Waals surface area contributed by atoms with E-state index in [0.717, 1.165) is 16.9 Å². The number of nitrogens with one attached hydrogen (secondary N) is 2. The molecule has 2 amide bonds. The van der Waals surface area contributed by atoms with Gasteiger partial charge in [-0.15, -0.1) is 0 Å². The Bertz CT molecular complexity index is 834. The van der Waals surface area contributed by atoms with E-state index < -0.39 is 6.04 Å². The highest BCUT2D eigenvalue weighted by Gasteiger charge is 2.19. The molecule has 0 aliphatic heterocycles. The Hall–Kier alpha value is -3.12. The lowest BCUT2D eigenvalue weighted by Crippen LogP contribution is -2.46. The van der Waals surface area contributed by atoms with Crippen molar-refractivity contribution in [3.8, 4) is 5.75 Å². The molecular formula is C23H29N3O3. The van der Waals surface area contributed by atoms with Crippen molar-refractivity contribution in [2.24, 2.45) is 0 Å². The lowest BCUT2D eigenvalue weighted by molar-refractivity contribution is -0.126. The third kappa shape index (κ3) is 7.08. The van der Waals surface area contributed by atoms with E-state index in [1.54, 1.807) is 20.1 Å². The summed E-state index contributed by atoms with van der Waals surface area (Å²) in [6, 6.07) is 16.6. The summed E-state index contributed by atoms with van der Waals surface area (Å²) in [4.78, 5) is 26.5. The average Bonchev–Trinajstić information content (AvgIpc) is 2.73. The van der Waals surface area contributed by atoms with Gasteiger partial charge in [0.05, 0.1) is 13.2 Å². The molecule has 2 N–H and O–H groups in total. The first-order valence-electron chi connectivity index (χ1n) is 9.52. The third-order valence-electron chi connectivity index (χ3n) is 4.55. The smallest absolute Gasteiger partial charge is 0.244 e. The van der Waals surface area contributed by atoms with Gasteiger partial charge in [-0.2, -0.15) is 0 Å². The summed E-state index contributed by atoms with van der Waals surface area (Å²) < 4.78 is 5.29. The first kappa shape index (κ1) is 22.2. The van der Waals surface area contributed by atoms with Crippen molar-refractivity contribution in [3.63, 3.8) is 0 Å². The Morgan fingerprint density at radius 3 is 2.48 bits per heavy atom. The van der Waals surface area contributed by atoms with Crippen molar-refractivity contribution in [1.29, 1.82) is 0 Å². The van der Waals surface area contributed by atoms with Crippen molar-refractivity contribution in [2.75, 3.05) is 27.7 Å². The first-order valence-corrected chi connectivity index (χ1v) is 9.52. The molecule has 6 heteroatoms. The van der Waals surface area contributed by atoms with E-state index in [-0.39, 0.29) is 17.9 Å². The second-order valence-electron chi connectivity index (χ2n) is 6.98. The third-order valence-corrected chi connectivity index (χ3v) is 4.55. The molecule has 0 fully saturated rings. The summed E-state index contributed by atoms with van der Waals surface area (Å²) in [6.07, 6.45) is 3.14. The molecule has 29 heavy (non-hydrogen) atoms. The van der Waals surface area contributed by atoms with Crippen molar-refractivity contribution in [1.82, 2.24) is 15.5 Å². The standard InChI is InChI=1S/C23H29N3O3/c1-17(25-22(27)14-13-18-9-6-5-7-10-18)23(28)24-16-21(26(2)3)19-11-8-12-20(15-19)29-4/h5-15,17,21H,16H2,1-4H3,(H,24,28)(H,25,27)/b14-13-/t17-,21+/m1/s1. The Morgan fingerprint density at radius 1 is 1.10 bits per heavy atom. The molecule has 0 saturated carbocycles. The summed E-state index contributed by atoms with van der Waals surface area (Å²) in [5.74, 6) is 0.223. The number of ether oxygens (including phenoxy) is 1. The Kier molecular flexibility index (Phi) is 8.43. The largest absolute Gasteiger partial charge is 0.497 e. The van der Waals surface area contributed by atoms with E-state index in [1.807, 2.05) is 73.6 Å². The molecule has 2 aromatic rings. The minimum absolute atomic E-state index is 0.0186. The van der Waals surface area contributed by atoms with Gasteiger partial charge in [-0.05, 0) is 50.4 Å². The molecule has 0 bridgehead atoms. The summed E-state index contributed by atoms with van der Waals surface area (Å²) in [7, 11) is 5.54. The van der Waals surface area contributed by atoms with Gasteiger partial charge in [0.15, 0.2) is 0 Å². The van der Waals surface area contributed by atoms with E-state index in [0.29, 0.717) is 6.54 Å². The van der Waals surface area contributed by atoms with Crippen LogP contribution in [0.5, 0.6) is 5.75 Å². The normalized spacial score (nSPS) is 13.1. The Morgan fingerprint density at radius 2 is 1.83 bits per heavy atom. The molecule has 0 heterocycles. The van der Waals surface area contributed by atoms with Crippen LogP contribution >= 0.6 is 0 Å². The number of likely N-dealkylation sites (N-methyl/N-ethyl adjacent to an activating group) is 1. The highest BCUT2D eigenvalue weighted by molar-refractivity contribution is 5.95. The van der Waals surface area contributed by atoms with Crippen LogP contribution in [0, 0.1) is 0 Å². The van der Waals surface area contributed by atoms with Gasteiger partial charge in [-0.25, -0.2) is 0 Å². The first-order chi connectivity index (χ1) is 13.9. The van der Waals surface area contributed by atoms with Crippen LogP contribution in [0.15, 0.2) is 60.7 Å². The summed E-state index contributed by atoms with van der Waals surface area (Å²) in [6.45, 7) is 2.08. The number of carbonyl (C=O) groups excluding carboxylic acids is 2. The summed E-state index contributed by atoms with van der Waals surface area (Å²) in [5.41, 5.74) is 1.96. The van der Waals surface area contributed by atoms with Gasteiger partial charge < -0.3 is 20.3 Å². The van der Waals surface area contributed by atoms with Gasteiger partial charge in [0.25, 0.3) is 0 Å². The molecule has 2 rings (SSSR count). The molecule has 6 nitrogen and oxygen atoms in total. The number of rotatable bonds is 9. The van der Waals surface area contributed by atoms with Crippen LogP contribution in [0.3, 0.4) is 0 Å². The van der Waals surface area contributed by atoms with Gasteiger partial charge in [-0.3, -0.25) is 9.59 Å². The van der Waals surface area contributed by atoms with Gasteiger partial charge in [0.1, 0.15) is 11.8 Å². The zero-order valence-electron chi connectivity index (χ0n) is 17.4. The summed E-state index contributed by atoms with van der Waals surface area (Å²) in [5, 5.41) is 5.61. The summed E-state index contributed by atoms with van der Waals surface area (Å²) >= 11 is 0. The quantitative estimate of drug-likeness (QED) is 0.641. The molecular weight excluding hydrogens is 366 g/mol. The predicted molar refractivity (Wildman–Crippen MR) is 116 cm³/mol. The van der Waals surface area contributed by atoms with Crippen LogP contribution in [0.2, 0.25) is 0 Å². The number of nitrogens with zero attached hydrogens (tertiary/aromatic N) is 1. The number of benzene rings is 2. The van der Waals surface area contributed by atoms with Crippen molar-refractivity contribution in [2.45, 2.75) is 19.0 Å². The fraction of sp³-hybridized carbons (Fsp3) is 0.304. The topological polar surface area (TPSA) is 70.7 Å². The van der Waals surface area contributed by atoms with Crippen molar-refractivity contribution in [3.05, 3.63) is 71.8 Å². The fourth-order valence-corrected chi connectivity index (χ4v) is 2.86. The maximum atomic E-state index is 12.4. The fourth-order valence-electron chi connectivity index (χ4n) is 2.86. The number of amides is 2. The monoisotopic (exact) mass is 395 g/mol. The van der Waals surface area contributed by atoms with Crippen molar-refractivity contribution >= 4 is 17.9 Å². The highest BCUT2D eigenvalue weighted by atomic mass is 16.5. The van der Waals surface area contributed by atoms with E-state index in [9.17, 15) is 9.59 Å². The number of hydrogen-bond acceptors (Lipinski definition) is 4. The minimum Gasteiger partial charge on any atom is -0.497 e. The van der Waals surface area contributed by atoms with E-state index in [4.69, 9.17) is 4.74 Å².